The van der Waals surface area contributed by atoms with Gasteiger partial charge in [-0.25, -0.2) is 8.42 Å². The maximum atomic E-state index is 12.3. The van der Waals surface area contributed by atoms with Gasteiger partial charge in [0.2, 0.25) is 5.91 Å². The Morgan fingerprint density at radius 2 is 1.88 bits per heavy atom. The standard InChI is InChI=1S/C16H20ClNO5S/c1-2-7-24(22,23)10-15(19)18-8-13(14(9-18)16(20)21)11-3-5-12(17)6-4-11/h3-6,13-14H,2,7-10H2,1H3,(H,20,21)/t13-,14+/m0/s1. The molecule has 0 radical (unpaired) electrons. The molecule has 24 heavy (non-hydrogen) atoms. The van der Waals surface area contributed by atoms with Gasteiger partial charge in [-0.1, -0.05) is 30.7 Å². The highest BCUT2D eigenvalue weighted by Crippen LogP contribution is 2.33. The van der Waals surface area contributed by atoms with E-state index in [1.54, 1.807) is 31.2 Å². The largest absolute Gasteiger partial charge is 0.481 e. The van der Waals surface area contributed by atoms with Gasteiger partial charge in [-0.05, 0) is 24.1 Å². The number of carbonyl (C=O) groups excluding carboxylic acids is 1. The molecule has 0 spiro atoms. The van der Waals surface area contributed by atoms with Crippen LogP contribution >= 0.6 is 11.6 Å². The lowest BCUT2D eigenvalue weighted by molar-refractivity contribution is -0.141. The summed E-state index contributed by atoms with van der Waals surface area (Å²) in [4.78, 5) is 25.1. The summed E-state index contributed by atoms with van der Waals surface area (Å²) in [6.07, 6.45) is 0.445. The summed E-state index contributed by atoms with van der Waals surface area (Å²) in [5.41, 5.74) is 0.776. The highest BCUT2D eigenvalue weighted by Gasteiger charge is 2.41. The second kappa shape index (κ2) is 7.53. The minimum absolute atomic E-state index is 0.0170. The van der Waals surface area contributed by atoms with E-state index in [0.29, 0.717) is 11.4 Å². The molecule has 1 aliphatic rings. The van der Waals surface area contributed by atoms with Crippen LogP contribution in [0, 0.1) is 5.92 Å². The number of hydrogen-bond donors (Lipinski definition) is 1. The lowest BCUT2D eigenvalue weighted by atomic mass is 9.89. The van der Waals surface area contributed by atoms with Gasteiger partial charge < -0.3 is 10.0 Å². The number of likely N-dealkylation sites (tertiary alicyclic amines) is 1. The SMILES string of the molecule is CCCS(=O)(=O)CC(=O)N1C[C@@H](C(=O)O)[C@H](c2ccc(Cl)cc2)C1. The van der Waals surface area contributed by atoms with E-state index in [0.717, 1.165) is 5.56 Å². The van der Waals surface area contributed by atoms with Gasteiger partial charge in [0.05, 0.1) is 11.7 Å². The highest BCUT2D eigenvalue weighted by atomic mass is 35.5. The Hall–Kier alpha value is -1.60. The second-order valence-corrected chi connectivity index (χ2v) is 8.61. The van der Waals surface area contributed by atoms with Crippen molar-refractivity contribution in [2.24, 2.45) is 5.92 Å². The summed E-state index contributed by atoms with van der Waals surface area (Å²) in [5, 5.41) is 9.98. The van der Waals surface area contributed by atoms with Crippen molar-refractivity contribution < 1.29 is 23.1 Å². The molecule has 0 aliphatic carbocycles. The van der Waals surface area contributed by atoms with Crippen molar-refractivity contribution >= 4 is 33.3 Å². The summed E-state index contributed by atoms with van der Waals surface area (Å²) in [6, 6.07) is 6.83. The lowest BCUT2D eigenvalue weighted by Crippen LogP contribution is -2.35. The number of amides is 1. The smallest absolute Gasteiger partial charge is 0.308 e. The lowest BCUT2D eigenvalue weighted by Gasteiger charge is -2.16. The van der Waals surface area contributed by atoms with E-state index in [-0.39, 0.29) is 24.8 Å². The number of halogens is 1. The van der Waals surface area contributed by atoms with Gasteiger partial charge >= 0.3 is 5.97 Å². The van der Waals surface area contributed by atoms with Crippen LogP contribution in [0.15, 0.2) is 24.3 Å². The van der Waals surface area contributed by atoms with Crippen LogP contribution in [0.5, 0.6) is 0 Å². The van der Waals surface area contributed by atoms with E-state index in [2.05, 4.69) is 0 Å². The van der Waals surface area contributed by atoms with Gasteiger partial charge in [-0.2, -0.15) is 0 Å². The fourth-order valence-electron chi connectivity index (χ4n) is 2.97. The first-order valence-corrected chi connectivity index (χ1v) is 9.90. The zero-order valence-corrected chi connectivity index (χ0v) is 14.9. The van der Waals surface area contributed by atoms with Gasteiger partial charge in [0.1, 0.15) is 5.75 Å². The molecule has 1 amide bonds. The molecule has 0 unspecified atom stereocenters. The van der Waals surface area contributed by atoms with Crippen molar-refractivity contribution in [1.29, 1.82) is 0 Å². The molecule has 132 valence electrons. The number of sulfone groups is 1. The molecule has 8 heteroatoms. The van der Waals surface area contributed by atoms with Crippen molar-refractivity contribution in [3.8, 4) is 0 Å². The summed E-state index contributed by atoms with van der Waals surface area (Å²) in [5.74, 6) is -3.29. The first kappa shape index (κ1) is 18.7. The second-order valence-electron chi connectivity index (χ2n) is 5.99. The molecule has 1 saturated heterocycles. The molecule has 0 saturated carbocycles. The van der Waals surface area contributed by atoms with E-state index >= 15 is 0 Å². The van der Waals surface area contributed by atoms with Gasteiger partial charge in [0.15, 0.2) is 9.84 Å². The number of carbonyl (C=O) groups is 2. The number of nitrogens with zero attached hydrogens (tertiary/aromatic N) is 1. The van der Waals surface area contributed by atoms with E-state index in [9.17, 15) is 23.1 Å². The van der Waals surface area contributed by atoms with Crippen LogP contribution < -0.4 is 0 Å². The Kier molecular flexibility index (Phi) is 5.87. The maximum Gasteiger partial charge on any atom is 0.308 e. The van der Waals surface area contributed by atoms with Crippen molar-refractivity contribution in [2.75, 3.05) is 24.6 Å². The number of aliphatic carboxylic acids is 1. The topological polar surface area (TPSA) is 91.8 Å². The Morgan fingerprint density at radius 1 is 1.25 bits per heavy atom. The molecule has 1 fully saturated rings. The van der Waals surface area contributed by atoms with Crippen molar-refractivity contribution in [3.05, 3.63) is 34.9 Å². The number of rotatable bonds is 6. The molecule has 1 N–H and O–H groups in total. The molecular weight excluding hydrogens is 354 g/mol. The van der Waals surface area contributed by atoms with Crippen LogP contribution in [0.3, 0.4) is 0 Å². The molecule has 1 aromatic rings. The fourth-order valence-corrected chi connectivity index (χ4v) is 4.42. The van der Waals surface area contributed by atoms with Crippen LogP contribution in [0.1, 0.15) is 24.8 Å². The molecule has 0 bridgehead atoms. The number of hydrogen-bond acceptors (Lipinski definition) is 4. The molecular formula is C16H20ClNO5S. The van der Waals surface area contributed by atoms with Crippen LogP contribution in [0.25, 0.3) is 0 Å². The molecule has 1 aromatic carbocycles. The molecule has 6 nitrogen and oxygen atoms in total. The third-order valence-electron chi connectivity index (χ3n) is 4.15. The average molecular weight is 374 g/mol. The molecule has 1 aliphatic heterocycles. The van der Waals surface area contributed by atoms with Crippen molar-refractivity contribution in [2.45, 2.75) is 19.3 Å². The summed E-state index contributed by atoms with van der Waals surface area (Å²) < 4.78 is 23.6. The quantitative estimate of drug-likeness (QED) is 0.820. The monoisotopic (exact) mass is 373 g/mol. The van der Waals surface area contributed by atoms with E-state index in [1.807, 2.05) is 0 Å². The third kappa shape index (κ3) is 4.48. The van der Waals surface area contributed by atoms with Crippen LogP contribution in [-0.4, -0.2) is 54.9 Å². The average Bonchev–Trinajstić information content (AvgIpc) is 2.93. The van der Waals surface area contributed by atoms with Gasteiger partial charge in [-0.3, -0.25) is 9.59 Å². The Balaban J connectivity index is 2.16. The first-order chi connectivity index (χ1) is 11.2. The fraction of sp³-hybridized carbons (Fsp3) is 0.500. The predicted molar refractivity (Wildman–Crippen MR) is 90.8 cm³/mol. The Labute approximate surface area is 146 Å². The van der Waals surface area contributed by atoms with E-state index < -0.39 is 33.4 Å². The van der Waals surface area contributed by atoms with Crippen LogP contribution in [-0.2, 0) is 19.4 Å². The number of carboxylic acids is 1. The number of carboxylic acid groups (broad SMARTS) is 1. The van der Waals surface area contributed by atoms with E-state index in [1.165, 1.54) is 4.90 Å². The van der Waals surface area contributed by atoms with Crippen LogP contribution in [0.4, 0.5) is 0 Å². The predicted octanol–water partition coefficient (Wildman–Crippen LogP) is 1.79. The Morgan fingerprint density at radius 3 is 2.42 bits per heavy atom. The molecule has 1 heterocycles. The minimum atomic E-state index is -3.45. The first-order valence-electron chi connectivity index (χ1n) is 7.70. The zero-order valence-electron chi connectivity index (χ0n) is 13.3. The van der Waals surface area contributed by atoms with Gasteiger partial charge in [0.25, 0.3) is 0 Å². The van der Waals surface area contributed by atoms with Crippen molar-refractivity contribution in [1.82, 2.24) is 4.90 Å². The maximum absolute atomic E-state index is 12.3. The van der Waals surface area contributed by atoms with Crippen molar-refractivity contribution in [3.63, 3.8) is 0 Å². The van der Waals surface area contributed by atoms with Crippen LogP contribution in [0.2, 0.25) is 5.02 Å². The number of benzene rings is 1. The zero-order chi connectivity index (χ0) is 17.9. The summed E-state index contributed by atoms with van der Waals surface area (Å²) in [6.45, 7) is 1.94. The highest BCUT2D eigenvalue weighted by molar-refractivity contribution is 7.92. The van der Waals surface area contributed by atoms with E-state index in [4.69, 9.17) is 11.6 Å². The summed E-state index contributed by atoms with van der Waals surface area (Å²) >= 11 is 5.85. The molecule has 0 aromatic heterocycles. The normalized spacial score (nSPS) is 21.0. The minimum Gasteiger partial charge on any atom is -0.481 e. The molecule has 2 atom stereocenters. The summed E-state index contributed by atoms with van der Waals surface area (Å²) in [7, 11) is -3.45. The molecule has 2 rings (SSSR count). The van der Waals surface area contributed by atoms with Gasteiger partial charge in [0, 0.05) is 24.0 Å². The Bertz CT molecular complexity index is 716. The van der Waals surface area contributed by atoms with Gasteiger partial charge in [-0.15, -0.1) is 0 Å². The third-order valence-corrected chi connectivity index (χ3v) is 6.12.